The number of benzene rings is 1. The summed E-state index contributed by atoms with van der Waals surface area (Å²) in [6.45, 7) is 8.20. The van der Waals surface area contributed by atoms with Gasteiger partial charge >= 0.3 is 0 Å². The number of hydrogen-bond acceptors (Lipinski definition) is 4. The van der Waals surface area contributed by atoms with Crippen LogP contribution in [0.2, 0.25) is 0 Å². The van der Waals surface area contributed by atoms with Crippen molar-refractivity contribution in [2.45, 2.75) is 32.4 Å². The van der Waals surface area contributed by atoms with Gasteiger partial charge in [-0.3, -0.25) is 19.4 Å². The molecule has 0 aliphatic carbocycles. The fourth-order valence-corrected chi connectivity index (χ4v) is 3.15. The molecule has 1 aromatic rings. The van der Waals surface area contributed by atoms with Gasteiger partial charge in [-0.25, -0.2) is 0 Å². The molecular formula is C17H23N3O3. The van der Waals surface area contributed by atoms with E-state index in [2.05, 4.69) is 10.2 Å². The number of amides is 2. The lowest BCUT2D eigenvalue weighted by Crippen LogP contribution is -2.62. The van der Waals surface area contributed by atoms with E-state index in [0.29, 0.717) is 18.9 Å². The number of carbonyl (C=O) groups excluding carboxylic acids is 2. The van der Waals surface area contributed by atoms with Crippen molar-refractivity contribution in [3.05, 3.63) is 24.3 Å². The maximum absolute atomic E-state index is 13.2. The number of morpholine rings is 1. The van der Waals surface area contributed by atoms with Crippen molar-refractivity contribution < 1.29 is 14.3 Å². The summed E-state index contributed by atoms with van der Waals surface area (Å²) in [5.41, 5.74) is 0.507. The van der Waals surface area contributed by atoms with Gasteiger partial charge in [0.2, 0.25) is 11.8 Å². The second-order valence-corrected chi connectivity index (χ2v) is 6.53. The maximum Gasteiger partial charge on any atom is 0.250 e. The largest absolute Gasteiger partial charge is 0.379 e. The van der Waals surface area contributed by atoms with Crippen LogP contribution in [0.5, 0.6) is 0 Å². The molecule has 2 heterocycles. The molecule has 1 saturated heterocycles. The first-order valence-corrected chi connectivity index (χ1v) is 7.99. The molecule has 6 nitrogen and oxygen atoms in total. The van der Waals surface area contributed by atoms with Gasteiger partial charge in [-0.15, -0.1) is 0 Å². The van der Waals surface area contributed by atoms with Crippen LogP contribution in [0.15, 0.2) is 24.3 Å². The second-order valence-electron chi connectivity index (χ2n) is 6.53. The molecule has 124 valence electrons. The second kappa shape index (κ2) is 5.94. The molecule has 3 rings (SSSR count). The van der Waals surface area contributed by atoms with Crippen molar-refractivity contribution in [2.75, 3.05) is 36.5 Å². The van der Waals surface area contributed by atoms with E-state index in [-0.39, 0.29) is 17.9 Å². The SMILES string of the molecule is C[C@@H](C(=O)N1c2ccccc2NC(=O)C1(C)C)N1CCOCC1. The molecule has 2 aliphatic heterocycles. The summed E-state index contributed by atoms with van der Waals surface area (Å²) in [5, 5.41) is 2.89. The molecular weight excluding hydrogens is 294 g/mol. The molecule has 0 unspecified atom stereocenters. The summed E-state index contributed by atoms with van der Waals surface area (Å²) in [5.74, 6) is -0.224. The summed E-state index contributed by atoms with van der Waals surface area (Å²) in [4.78, 5) is 29.4. The van der Waals surface area contributed by atoms with Crippen molar-refractivity contribution in [3.8, 4) is 0 Å². The highest BCUT2D eigenvalue weighted by Crippen LogP contribution is 2.37. The highest BCUT2D eigenvalue weighted by atomic mass is 16.5. The Morgan fingerprint density at radius 2 is 1.91 bits per heavy atom. The van der Waals surface area contributed by atoms with Gasteiger partial charge in [-0.2, -0.15) is 0 Å². The van der Waals surface area contributed by atoms with Crippen LogP contribution in [0.25, 0.3) is 0 Å². The number of rotatable bonds is 2. The Balaban J connectivity index is 1.95. The molecule has 1 N–H and O–H groups in total. The molecule has 0 spiro atoms. The number of anilines is 2. The zero-order chi connectivity index (χ0) is 16.6. The summed E-state index contributed by atoms with van der Waals surface area (Å²) >= 11 is 0. The maximum atomic E-state index is 13.2. The Hall–Kier alpha value is -1.92. The Bertz CT molecular complexity index is 623. The average molecular weight is 317 g/mol. The molecule has 0 bridgehead atoms. The molecule has 23 heavy (non-hydrogen) atoms. The van der Waals surface area contributed by atoms with Crippen LogP contribution >= 0.6 is 0 Å². The predicted molar refractivity (Wildman–Crippen MR) is 88.5 cm³/mol. The quantitative estimate of drug-likeness (QED) is 0.897. The third-order valence-corrected chi connectivity index (χ3v) is 4.68. The van der Waals surface area contributed by atoms with Crippen molar-refractivity contribution in [2.24, 2.45) is 0 Å². The molecule has 1 aromatic carbocycles. The van der Waals surface area contributed by atoms with E-state index in [1.54, 1.807) is 18.7 Å². The smallest absolute Gasteiger partial charge is 0.250 e. The van der Waals surface area contributed by atoms with Crippen molar-refractivity contribution in [1.82, 2.24) is 4.90 Å². The molecule has 0 saturated carbocycles. The lowest BCUT2D eigenvalue weighted by atomic mass is 9.95. The standard InChI is InChI=1S/C17H23N3O3/c1-12(19-8-10-23-11-9-19)15(21)20-14-7-5-4-6-13(14)18-16(22)17(20,2)3/h4-7,12H,8-11H2,1-3H3,(H,18,22)/t12-/m0/s1. The van der Waals surface area contributed by atoms with E-state index < -0.39 is 5.54 Å². The molecule has 1 atom stereocenters. The molecule has 0 radical (unpaired) electrons. The predicted octanol–water partition coefficient (Wildman–Crippen LogP) is 1.47. The zero-order valence-corrected chi connectivity index (χ0v) is 13.8. The molecule has 2 aliphatic rings. The van der Waals surface area contributed by atoms with Crippen molar-refractivity contribution in [1.29, 1.82) is 0 Å². The average Bonchev–Trinajstić information content (AvgIpc) is 2.55. The molecule has 1 fully saturated rings. The van der Waals surface area contributed by atoms with Crippen LogP contribution in [0.3, 0.4) is 0 Å². The highest BCUT2D eigenvalue weighted by Gasteiger charge is 2.45. The van der Waals surface area contributed by atoms with Crippen LogP contribution in [0.4, 0.5) is 11.4 Å². The lowest BCUT2D eigenvalue weighted by Gasteiger charge is -2.44. The van der Waals surface area contributed by atoms with Gasteiger partial charge in [0.1, 0.15) is 5.54 Å². The van der Waals surface area contributed by atoms with E-state index in [9.17, 15) is 9.59 Å². The number of para-hydroxylation sites is 2. The Labute approximate surface area is 136 Å². The summed E-state index contributed by atoms with van der Waals surface area (Å²) < 4.78 is 5.36. The minimum atomic E-state index is -0.925. The minimum Gasteiger partial charge on any atom is -0.379 e. The Kier molecular flexibility index (Phi) is 4.12. The van der Waals surface area contributed by atoms with Gasteiger partial charge in [-0.05, 0) is 32.9 Å². The van der Waals surface area contributed by atoms with Crippen LogP contribution in [0, 0.1) is 0 Å². The zero-order valence-electron chi connectivity index (χ0n) is 13.8. The number of carbonyl (C=O) groups is 2. The number of fused-ring (bicyclic) bond motifs is 1. The van der Waals surface area contributed by atoms with E-state index in [0.717, 1.165) is 18.8 Å². The van der Waals surface area contributed by atoms with Crippen LogP contribution in [0.1, 0.15) is 20.8 Å². The van der Waals surface area contributed by atoms with Gasteiger partial charge in [0.05, 0.1) is 30.6 Å². The number of ether oxygens (including phenoxy) is 1. The number of nitrogens with one attached hydrogen (secondary N) is 1. The van der Waals surface area contributed by atoms with Crippen LogP contribution in [-0.2, 0) is 14.3 Å². The van der Waals surface area contributed by atoms with E-state index in [4.69, 9.17) is 4.74 Å². The third-order valence-electron chi connectivity index (χ3n) is 4.68. The normalized spacial score (nSPS) is 22.2. The first-order valence-electron chi connectivity index (χ1n) is 7.99. The Morgan fingerprint density at radius 3 is 2.61 bits per heavy atom. The first-order chi connectivity index (χ1) is 10.9. The van der Waals surface area contributed by atoms with E-state index in [1.165, 1.54) is 0 Å². The van der Waals surface area contributed by atoms with E-state index >= 15 is 0 Å². The Morgan fingerprint density at radius 1 is 1.26 bits per heavy atom. The van der Waals surface area contributed by atoms with Gasteiger partial charge in [-0.1, -0.05) is 12.1 Å². The third kappa shape index (κ3) is 2.72. The molecule has 0 aromatic heterocycles. The monoisotopic (exact) mass is 317 g/mol. The minimum absolute atomic E-state index is 0.0563. The number of hydrogen-bond donors (Lipinski definition) is 1. The van der Waals surface area contributed by atoms with Crippen LogP contribution in [-0.4, -0.2) is 54.6 Å². The fraction of sp³-hybridized carbons (Fsp3) is 0.529. The van der Waals surface area contributed by atoms with Gasteiger partial charge in [0.15, 0.2) is 0 Å². The topological polar surface area (TPSA) is 61.9 Å². The summed E-state index contributed by atoms with van der Waals surface area (Å²) in [6, 6.07) is 7.14. The van der Waals surface area contributed by atoms with Gasteiger partial charge in [0, 0.05) is 13.1 Å². The van der Waals surface area contributed by atoms with Gasteiger partial charge in [0.25, 0.3) is 0 Å². The lowest BCUT2D eigenvalue weighted by molar-refractivity contribution is -0.130. The van der Waals surface area contributed by atoms with Gasteiger partial charge < -0.3 is 10.1 Å². The number of nitrogens with zero attached hydrogens (tertiary/aromatic N) is 2. The van der Waals surface area contributed by atoms with Crippen molar-refractivity contribution in [3.63, 3.8) is 0 Å². The summed E-state index contributed by atoms with van der Waals surface area (Å²) in [6.07, 6.45) is 0. The molecule has 6 heteroatoms. The van der Waals surface area contributed by atoms with Crippen molar-refractivity contribution >= 4 is 23.2 Å². The highest BCUT2D eigenvalue weighted by molar-refractivity contribution is 6.15. The first kappa shape index (κ1) is 16.0. The van der Waals surface area contributed by atoms with Crippen LogP contribution < -0.4 is 10.2 Å². The van der Waals surface area contributed by atoms with E-state index in [1.807, 2.05) is 31.2 Å². The fourth-order valence-electron chi connectivity index (χ4n) is 3.15. The molecule has 2 amide bonds. The summed E-state index contributed by atoms with van der Waals surface area (Å²) in [7, 11) is 0.